The van der Waals surface area contributed by atoms with Crippen molar-refractivity contribution >= 4 is 23.1 Å². The zero-order valence-corrected chi connectivity index (χ0v) is 13.8. The highest BCUT2D eigenvalue weighted by atomic mass is 32.2. The molecule has 0 spiro atoms. The standard InChI is InChI=1S/C16H26N2OS/c1-12(2)19-15-11-13(5-6-14(15)17)18-8-7-16(3,4)20-10-9-18/h5-6,11-12H,7-10,17H2,1-4H3. The maximum absolute atomic E-state index is 5.99. The lowest BCUT2D eigenvalue weighted by atomic mass is 10.1. The van der Waals surface area contributed by atoms with Gasteiger partial charge in [-0.05, 0) is 32.4 Å². The van der Waals surface area contributed by atoms with E-state index < -0.39 is 0 Å². The monoisotopic (exact) mass is 294 g/mol. The van der Waals surface area contributed by atoms with Gasteiger partial charge in [-0.1, -0.05) is 13.8 Å². The highest BCUT2D eigenvalue weighted by Crippen LogP contribution is 2.34. The van der Waals surface area contributed by atoms with E-state index in [4.69, 9.17) is 10.5 Å². The van der Waals surface area contributed by atoms with E-state index in [0.717, 1.165) is 24.6 Å². The normalized spacial score (nSPS) is 18.9. The average molecular weight is 294 g/mol. The van der Waals surface area contributed by atoms with Crippen molar-refractivity contribution in [3.05, 3.63) is 18.2 Å². The molecule has 1 fully saturated rings. The van der Waals surface area contributed by atoms with Crippen molar-refractivity contribution < 1.29 is 4.74 Å². The second kappa shape index (κ2) is 6.17. The minimum absolute atomic E-state index is 0.145. The Bertz CT molecular complexity index is 460. The van der Waals surface area contributed by atoms with Crippen LogP contribution < -0.4 is 15.4 Å². The molecule has 112 valence electrons. The van der Waals surface area contributed by atoms with Crippen molar-refractivity contribution in [2.45, 2.75) is 45.0 Å². The number of thioether (sulfide) groups is 1. The number of benzene rings is 1. The lowest BCUT2D eigenvalue weighted by Crippen LogP contribution is -2.27. The first-order valence-corrected chi connectivity index (χ1v) is 8.31. The topological polar surface area (TPSA) is 38.5 Å². The molecule has 0 unspecified atom stereocenters. The van der Waals surface area contributed by atoms with Crippen LogP contribution in [0.3, 0.4) is 0 Å². The number of rotatable bonds is 3. The van der Waals surface area contributed by atoms with Crippen molar-refractivity contribution in [1.29, 1.82) is 0 Å². The van der Waals surface area contributed by atoms with Crippen molar-refractivity contribution in [3.8, 4) is 5.75 Å². The van der Waals surface area contributed by atoms with E-state index in [0.29, 0.717) is 10.4 Å². The van der Waals surface area contributed by atoms with E-state index in [1.165, 1.54) is 12.1 Å². The van der Waals surface area contributed by atoms with Gasteiger partial charge in [0.15, 0.2) is 0 Å². The number of nitrogens with zero attached hydrogens (tertiary/aromatic N) is 1. The third-order valence-electron chi connectivity index (χ3n) is 3.56. The molecule has 1 aromatic carbocycles. The second-order valence-corrected chi connectivity index (χ2v) is 8.04. The van der Waals surface area contributed by atoms with Gasteiger partial charge in [-0.3, -0.25) is 0 Å². The van der Waals surface area contributed by atoms with Gasteiger partial charge in [0.2, 0.25) is 0 Å². The van der Waals surface area contributed by atoms with Gasteiger partial charge in [0.25, 0.3) is 0 Å². The van der Waals surface area contributed by atoms with E-state index in [1.54, 1.807) is 0 Å². The predicted molar refractivity (Wildman–Crippen MR) is 90.0 cm³/mol. The zero-order valence-electron chi connectivity index (χ0n) is 13.0. The van der Waals surface area contributed by atoms with Gasteiger partial charge in [0.05, 0.1) is 11.8 Å². The maximum atomic E-state index is 5.99. The highest BCUT2D eigenvalue weighted by Gasteiger charge is 2.24. The average Bonchev–Trinajstić information content (AvgIpc) is 2.53. The fourth-order valence-electron chi connectivity index (χ4n) is 2.35. The van der Waals surface area contributed by atoms with E-state index in [-0.39, 0.29) is 6.10 Å². The zero-order chi connectivity index (χ0) is 14.8. The second-order valence-electron chi connectivity index (χ2n) is 6.23. The van der Waals surface area contributed by atoms with Crippen LogP contribution >= 0.6 is 11.8 Å². The SMILES string of the molecule is CC(C)Oc1cc(N2CCSC(C)(C)CC2)ccc1N. The van der Waals surface area contributed by atoms with Crippen molar-refractivity contribution in [2.24, 2.45) is 0 Å². The highest BCUT2D eigenvalue weighted by molar-refractivity contribution is 8.00. The molecular weight excluding hydrogens is 268 g/mol. The number of ether oxygens (including phenoxy) is 1. The van der Waals surface area contributed by atoms with Crippen LogP contribution in [0.25, 0.3) is 0 Å². The fourth-order valence-corrected chi connectivity index (χ4v) is 3.45. The van der Waals surface area contributed by atoms with E-state index in [2.05, 4.69) is 42.6 Å². The molecular formula is C16H26N2OS. The van der Waals surface area contributed by atoms with Gasteiger partial charge in [-0.15, -0.1) is 0 Å². The minimum Gasteiger partial charge on any atom is -0.489 e. The summed E-state index contributed by atoms with van der Waals surface area (Å²) in [7, 11) is 0. The molecule has 0 aliphatic carbocycles. The van der Waals surface area contributed by atoms with Crippen LogP contribution in [-0.2, 0) is 0 Å². The molecule has 0 radical (unpaired) electrons. The lowest BCUT2D eigenvalue weighted by molar-refractivity contribution is 0.244. The van der Waals surface area contributed by atoms with Gasteiger partial charge in [0.1, 0.15) is 5.75 Å². The molecule has 3 nitrogen and oxygen atoms in total. The van der Waals surface area contributed by atoms with Crippen LogP contribution in [0.4, 0.5) is 11.4 Å². The van der Waals surface area contributed by atoms with E-state index in [1.807, 2.05) is 19.9 Å². The van der Waals surface area contributed by atoms with Crippen LogP contribution in [0.2, 0.25) is 0 Å². The molecule has 2 rings (SSSR count). The Hall–Kier alpha value is -1.03. The molecule has 0 atom stereocenters. The summed E-state index contributed by atoms with van der Waals surface area (Å²) in [6.45, 7) is 10.9. The Morgan fingerprint density at radius 2 is 2.05 bits per heavy atom. The number of hydrogen-bond donors (Lipinski definition) is 1. The summed E-state index contributed by atoms with van der Waals surface area (Å²) in [5.41, 5.74) is 7.92. The minimum atomic E-state index is 0.145. The number of nitrogens with two attached hydrogens (primary N) is 1. The Morgan fingerprint density at radius 1 is 1.30 bits per heavy atom. The number of hydrogen-bond acceptors (Lipinski definition) is 4. The summed E-state index contributed by atoms with van der Waals surface area (Å²) in [4.78, 5) is 2.44. The van der Waals surface area contributed by atoms with E-state index in [9.17, 15) is 0 Å². The molecule has 0 aromatic heterocycles. The molecule has 20 heavy (non-hydrogen) atoms. The molecule has 2 N–H and O–H groups in total. The first-order valence-electron chi connectivity index (χ1n) is 7.32. The lowest BCUT2D eigenvalue weighted by Gasteiger charge is -2.25. The predicted octanol–water partition coefficient (Wildman–Crippen LogP) is 3.78. The fraction of sp³-hybridized carbons (Fsp3) is 0.625. The Kier molecular flexibility index (Phi) is 4.74. The third-order valence-corrected chi connectivity index (χ3v) is 4.94. The summed E-state index contributed by atoms with van der Waals surface area (Å²) < 4.78 is 6.17. The molecule has 1 saturated heterocycles. The summed E-state index contributed by atoms with van der Waals surface area (Å²) in [6, 6.07) is 6.14. The molecule has 1 aliphatic heterocycles. The van der Waals surface area contributed by atoms with Crippen LogP contribution in [-0.4, -0.2) is 29.7 Å². The quantitative estimate of drug-likeness (QED) is 0.861. The number of anilines is 2. The molecule has 4 heteroatoms. The van der Waals surface area contributed by atoms with Gasteiger partial charge in [-0.25, -0.2) is 0 Å². The van der Waals surface area contributed by atoms with Crippen molar-refractivity contribution in [1.82, 2.24) is 0 Å². The van der Waals surface area contributed by atoms with Crippen molar-refractivity contribution in [2.75, 3.05) is 29.5 Å². The van der Waals surface area contributed by atoms with Gasteiger partial charge in [0, 0.05) is 35.3 Å². The van der Waals surface area contributed by atoms with Gasteiger partial charge in [-0.2, -0.15) is 11.8 Å². The molecule has 0 bridgehead atoms. The van der Waals surface area contributed by atoms with Crippen molar-refractivity contribution in [3.63, 3.8) is 0 Å². The summed E-state index contributed by atoms with van der Waals surface area (Å²) >= 11 is 2.06. The van der Waals surface area contributed by atoms with Crippen LogP contribution in [0.5, 0.6) is 5.75 Å². The number of nitrogen functional groups attached to an aromatic ring is 1. The first-order chi connectivity index (χ1) is 9.37. The van der Waals surface area contributed by atoms with E-state index >= 15 is 0 Å². The van der Waals surface area contributed by atoms with Gasteiger partial charge < -0.3 is 15.4 Å². The Labute approximate surface area is 126 Å². The van der Waals surface area contributed by atoms with Crippen LogP contribution in [0, 0.1) is 0 Å². The summed E-state index contributed by atoms with van der Waals surface area (Å²) in [6.07, 6.45) is 1.34. The van der Waals surface area contributed by atoms with Gasteiger partial charge >= 0.3 is 0 Å². The molecule has 0 saturated carbocycles. The first kappa shape index (κ1) is 15.4. The molecule has 1 aromatic rings. The smallest absolute Gasteiger partial charge is 0.144 e. The Balaban J connectivity index is 2.16. The molecule has 1 aliphatic rings. The summed E-state index contributed by atoms with van der Waals surface area (Å²) in [5, 5.41) is 0. The van der Waals surface area contributed by atoms with Crippen LogP contribution in [0.1, 0.15) is 34.1 Å². The largest absolute Gasteiger partial charge is 0.489 e. The third kappa shape index (κ3) is 3.98. The molecule has 0 amide bonds. The van der Waals surface area contributed by atoms with Crippen LogP contribution in [0.15, 0.2) is 18.2 Å². The maximum Gasteiger partial charge on any atom is 0.144 e. The Morgan fingerprint density at radius 3 is 2.75 bits per heavy atom. The molecule has 1 heterocycles. The summed E-state index contributed by atoms with van der Waals surface area (Å²) in [5.74, 6) is 1.96.